The van der Waals surface area contributed by atoms with Gasteiger partial charge in [0.05, 0.1) is 12.6 Å². The van der Waals surface area contributed by atoms with Gasteiger partial charge in [0, 0.05) is 38.9 Å². The molecule has 2 aromatic rings. The van der Waals surface area contributed by atoms with Crippen molar-refractivity contribution in [3.63, 3.8) is 0 Å². The van der Waals surface area contributed by atoms with Crippen molar-refractivity contribution in [2.75, 3.05) is 19.6 Å². The van der Waals surface area contributed by atoms with Crippen LogP contribution in [0.1, 0.15) is 49.7 Å². The van der Waals surface area contributed by atoms with E-state index in [1.807, 2.05) is 0 Å². The van der Waals surface area contributed by atoms with E-state index in [1.165, 1.54) is 11.1 Å². The molecule has 6 heteroatoms. The van der Waals surface area contributed by atoms with Crippen LogP contribution >= 0.6 is 0 Å². The Morgan fingerprint density at radius 1 is 1.25 bits per heavy atom. The number of hydrogen-bond donors (Lipinski definition) is 0. The second kappa shape index (κ2) is 7.66. The molecule has 28 heavy (non-hydrogen) atoms. The first kappa shape index (κ1) is 19.1. The summed E-state index contributed by atoms with van der Waals surface area (Å²) < 4.78 is 5.39. The molecule has 0 bridgehead atoms. The number of aryl methyl sites for hydroxylation is 1. The van der Waals surface area contributed by atoms with Crippen LogP contribution in [0, 0.1) is 24.7 Å². The molecular formula is C22H30N4O2. The summed E-state index contributed by atoms with van der Waals surface area (Å²) in [7, 11) is 0. The number of benzene rings is 1. The van der Waals surface area contributed by atoms with Crippen LogP contribution in [-0.4, -0.2) is 45.5 Å². The number of likely N-dealkylation sites (tertiary alicyclic amines) is 2. The molecular weight excluding hydrogens is 352 g/mol. The van der Waals surface area contributed by atoms with E-state index in [-0.39, 0.29) is 11.9 Å². The van der Waals surface area contributed by atoms with E-state index < -0.39 is 0 Å². The van der Waals surface area contributed by atoms with Gasteiger partial charge in [-0.2, -0.15) is 4.98 Å². The first-order chi connectivity index (χ1) is 13.4. The number of carbonyl (C=O) groups is 1. The van der Waals surface area contributed by atoms with Crippen molar-refractivity contribution in [3.8, 4) is 0 Å². The van der Waals surface area contributed by atoms with Crippen molar-refractivity contribution < 1.29 is 9.32 Å². The molecule has 2 fully saturated rings. The number of nitrogens with zero attached hydrogens (tertiary/aromatic N) is 4. The molecule has 4 rings (SSSR count). The molecule has 1 aromatic carbocycles. The number of hydrogen-bond acceptors (Lipinski definition) is 5. The van der Waals surface area contributed by atoms with Gasteiger partial charge in [0.2, 0.25) is 11.8 Å². The van der Waals surface area contributed by atoms with E-state index >= 15 is 0 Å². The second-order valence-corrected chi connectivity index (χ2v) is 8.79. The average Bonchev–Trinajstić information content (AvgIpc) is 3.30. The summed E-state index contributed by atoms with van der Waals surface area (Å²) in [6.45, 7) is 11.6. The molecule has 2 saturated heterocycles. The molecule has 6 nitrogen and oxygen atoms in total. The maximum absolute atomic E-state index is 12.3. The minimum Gasteiger partial charge on any atom is -0.339 e. The lowest BCUT2D eigenvalue weighted by atomic mass is 9.87. The molecule has 3 atom stereocenters. The van der Waals surface area contributed by atoms with Gasteiger partial charge in [-0.3, -0.25) is 9.69 Å². The quantitative estimate of drug-likeness (QED) is 0.794. The molecule has 0 aliphatic carbocycles. The standard InChI is InChI=1S/C22H30N4O2/c1-14(2)9-21-23-20(24-28-21)13-25-10-17-11-26(16(4)27)22(19(17)12-25)18-8-6-5-7-15(18)3/h5-8,14,17,19,22H,9-13H2,1-4H3/t17-,19-,22+/m1/s1. The van der Waals surface area contributed by atoms with E-state index in [2.05, 4.69) is 65.0 Å². The van der Waals surface area contributed by atoms with E-state index in [9.17, 15) is 4.79 Å². The lowest BCUT2D eigenvalue weighted by molar-refractivity contribution is -0.130. The summed E-state index contributed by atoms with van der Waals surface area (Å²) in [5, 5.41) is 4.17. The molecule has 0 saturated carbocycles. The van der Waals surface area contributed by atoms with Crippen molar-refractivity contribution in [2.45, 2.75) is 46.7 Å². The normalized spacial score (nSPS) is 24.9. The number of aromatic nitrogens is 2. The number of amides is 1. The van der Waals surface area contributed by atoms with Crippen LogP contribution in [-0.2, 0) is 17.8 Å². The largest absolute Gasteiger partial charge is 0.339 e. The van der Waals surface area contributed by atoms with Crippen LogP contribution in [0.4, 0.5) is 0 Å². The van der Waals surface area contributed by atoms with E-state index in [4.69, 9.17) is 4.52 Å². The Hall–Kier alpha value is -2.21. The Balaban J connectivity index is 1.49. The van der Waals surface area contributed by atoms with Gasteiger partial charge in [-0.05, 0) is 29.9 Å². The maximum Gasteiger partial charge on any atom is 0.226 e. The highest BCUT2D eigenvalue weighted by molar-refractivity contribution is 5.74. The second-order valence-electron chi connectivity index (χ2n) is 8.79. The molecule has 0 spiro atoms. The molecule has 0 unspecified atom stereocenters. The Morgan fingerprint density at radius 2 is 2.04 bits per heavy atom. The fourth-order valence-corrected chi connectivity index (χ4v) is 4.89. The van der Waals surface area contributed by atoms with Crippen LogP contribution in [0.15, 0.2) is 28.8 Å². The molecule has 0 N–H and O–H groups in total. The van der Waals surface area contributed by atoms with Gasteiger partial charge < -0.3 is 9.42 Å². The summed E-state index contributed by atoms with van der Waals surface area (Å²) in [5.41, 5.74) is 2.54. The van der Waals surface area contributed by atoms with Gasteiger partial charge >= 0.3 is 0 Å². The van der Waals surface area contributed by atoms with Gasteiger partial charge in [0.15, 0.2) is 5.82 Å². The first-order valence-corrected chi connectivity index (χ1v) is 10.3. The highest BCUT2D eigenvalue weighted by Crippen LogP contribution is 2.45. The molecule has 2 aliphatic rings. The van der Waals surface area contributed by atoms with Crippen LogP contribution in [0.2, 0.25) is 0 Å². The van der Waals surface area contributed by atoms with Gasteiger partial charge in [0.25, 0.3) is 0 Å². The third-order valence-corrected chi connectivity index (χ3v) is 6.11. The van der Waals surface area contributed by atoms with Crippen molar-refractivity contribution in [1.29, 1.82) is 0 Å². The van der Waals surface area contributed by atoms with E-state index in [0.29, 0.717) is 17.8 Å². The highest BCUT2D eigenvalue weighted by atomic mass is 16.5. The minimum absolute atomic E-state index is 0.162. The van der Waals surface area contributed by atoms with Gasteiger partial charge in [0.1, 0.15) is 0 Å². The van der Waals surface area contributed by atoms with E-state index in [1.54, 1.807) is 6.92 Å². The van der Waals surface area contributed by atoms with Gasteiger partial charge in [-0.1, -0.05) is 43.3 Å². The van der Waals surface area contributed by atoms with Gasteiger partial charge in [-0.25, -0.2) is 0 Å². The van der Waals surface area contributed by atoms with Crippen LogP contribution < -0.4 is 0 Å². The molecule has 1 amide bonds. The Labute approximate surface area is 166 Å². The van der Waals surface area contributed by atoms with Crippen molar-refractivity contribution in [2.24, 2.45) is 17.8 Å². The average molecular weight is 383 g/mol. The SMILES string of the molecule is CC(=O)N1C[C@H]2CN(Cc3noc(CC(C)C)n3)C[C@H]2[C@@H]1c1ccccc1C. The third-order valence-electron chi connectivity index (χ3n) is 6.11. The van der Waals surface area contributed by atoms with Gasteiger partial charge in [-0.15, -0.1) is 0 Å². The topological polar surface area (TPSA) is 62.5 Å². The van der Waals surface area contributed by atoms with Crippen molar-refractivity contribution in [1.82, 2.24) is 19.9 Å². The fourth-order valence-electron chi connectivity index (χ4n) is 4.89. The lowest BCUT2D eigenvalue weighted by Gasteiger charge is -2.30. The zero-order chi connectivity index (χ0) is 19.8. The molecule has 150 valence electrons. The van der Waals surface area contributed by atoms with Crippen LogP contribution in [0.3, 0.4) is 0 Å². The predicted molar refractivity (Wildman–Crippen MR) is 106 cm³/mol. The van der Waals surface area contributed by atoms with Crippen molar-refractivity contribution >= 4 is 5.91 Å². The Morgan fingerprint density at radius 3 is 2.75 bits per heavy atom. The number of carbonyl (C=O) groups excluding carboxylic acids is 1. The fraction of sp³-hybridized carbons (Fsp3) is 0.591. The predicted octanol–water partition coefficient (Wildman–Crippen LogP) is 3.23. The lowest BCUT2D eigenvalue weighted by Crippen LogP contribution is -2.34. The third kappa shape index (κ3) is 3.70. The van der Waals surface area contributed by atoms with Crippen molar-refractivity contribution in [3.05, 3.63) is 47.1 Å². The first-order valence-electron chi connectivity index (χ1n) is 10.3. The van der Waals surface area contributed by atoms with E-state index in [0.717, 1.165) is 44.3 Å². The highest BCUT2D eigenvalue weighted by Gasteiger charge is 2.48. The number of fused-ring (bicyclic) bond motifs is 1. The Kier molecular flexibility index (Phi) is 5.23. The monoisotopic (exact) mass is 382 g/mol. The Bertz CT molecular complexity index is 847. The molecule has 3 heterocycles. The smallest absolute Gasteiger partial charge is 0.226 e. The maximum atomic E-state index is 12.3. The summed E-state index contributed by atoms with van der Waals surface area (Å²) in [4.78, 5) is 21.4. The van der Waals surface area contributed by atoms with Crippen LogP contribution in [0.5, 0.6) is 0 Å². The number of rotatable bonds is 5. The molecule has 0 radical (unpaired) electrons. The summed E-state index contributed by atoms with van der Waals surface area (Å²) in [5.74, 6) is 3.12. The molecule has 2 aliphatic heterocycles. The molecule has 1 aromatic heterocycles. The summed E-state index contributed by atoms with van der Waals surface area (Å²) in [6, 6.07) is 8.63. The summed E-state index contributed by atoms with van der Waals surface area (Å²) >= 11 is 0. The van der Waals surface area contributed by atoms with Crippen LogP contribution in [0.25, 0.3) is 0 Å². The zero-order valence-electron chi connectivity index (χ0n) is 17.3. The summed E-state index contributed by atoms with van der Waals surface area (Å²) in [6.07, 6.45) is 0.821. The minimum atomic E-state index is 0.162. The zero-order valence-corrected chi connectivity index (χ0v) is 17.3.